The molecule has 0 fully saturated rings. The number of benzene rings is 1. The molecule has 1 rings (SSSR count). The minimum atomic E-state index is -3.69. The van der Waals surface area contributed by atoms with Crippen LogP contribution < -0.4 is 0 Å². The highest BCUT2D eigenvalue weighted by Crippen LogP contribution is 2.21. The molecule has 0 aromatic heterocycles. The summed E-state index contributed by atoms with van der Waals surface area (Å²) in [4.78, 5) is 26.3. The zero-order valence-electron chi connectivity index (χ0n) is 18.6. The van der Waals surface area contributed by atoms with Crippen LogP contribution in [0.1, 0.15) is 70.8 Å². The summed E-state index contributed by atoms with van der Waals surface area (Å²) < 4.78 is 25.9. The lowest BCUT2D eigenvalue weighted by molar-refractivity contribution is -0.138. The van der Waals surface area contributed by atoms with Crippen LogP contribution in [0.2, 0.25) is 0 Å². The van der Waals surface area contributed by atoms with E-state index >= 15 is 0 Å². The van der Waals surface area contributed by atoms with Gasteiger partial charge in [0, 0.05) is 19.5 Å². The van der Waals surface area contributed by atoms with Crippen LogP contribution in [0, 0.1) is 12.8 Å². The normalized spacial score (nSPS) is 12.5. The van der Waals surface area contributed by atoms with E-state index in [1.165, 1.54) is 0 Å². The van der Waals surface area contributed by atoms with Gasteiger partial charge in [0.25, 0.3) is 0 Å². The second kappa shape index (κ2) is 13.4. The van der Waals surface area contributed by atoms with Gasteiger partial charge in [-0.2, -0.15) is 0 Å². The van der Waals surface area contributed by atoms with Crippen molar-refractivity contribution >= 4 is 21.7 Å². The number of unbranched alkanes of at least 4 members (excludes halogenated alkanes) is 4. The Morgan fingerprint density at radius 2 is 1.50 bits per heavy atom. The minimum Gasteiger partial charge on any atom is -0.481 e. The molecule has 6 nitrogen and oxygen atoms in total. The molecule has 0 aliphatic rings. The second-order valence-electron chi connectivity index (χ2n) is 7.96. The molecule has 0 aliphatic heterocycles. The highest BCUT2D eigenvalue weighted by molar-refractivity contribution is 7.91. The fraction of sp³-hybridized carbons (Fsp3) is 0.652. The molecule has 7 heteroatoms. The number of nitrogens with zero attached hydrogens (tertiary/aromatic N) is 1. The molecule has 0 heterocycles. The van der Waals surface area contributed by atoms with E-state index in [9.17, 15) is 18.0 Å². The largest absolute Gasteiger partial charge is 0.481 e. The van der Waals surface area contributed by atoms with Crippen LogP contribution in [0.15, 0.2) is 29.2 Å². The maximum Gasteiger partial charge on any atom is 0.303 e. The molecule has 0 radical (unpaired) electrons. The number of hydrogen-bond acceptors (Lipinski definition) is 4. The van der Waals surface area contributed by atoms with Crippen LogP contribution >= 0.6 is 0 Å². The van der Waals surface area contributed by atoms with Crippen molar-refractivity contribution in [2.24, 2.45) is 5.92 Å². The zero-order valence-corrected chi connectivity index (χ0v) is 19.4. The Morgan fingerprint density at radius 1 is 0.967 bits per heavy atom. The minimum absolute atomic E-state index is 0.0251. The van der Waals surface area contributed by atoms with Gasteiger partial charge in [0.15, 0.2) is 9.84 Å². The number of rotatable bonds is 15. The predicted octanol–water partition coefficient (Wildman–Crippen LogP) is 4.46. The van der Waals surface area contributed by atoms with Crippen molar-refractivity contribution in [2.45, 2.75) is 77.0 Å². The summed E-state index contributed by atoms with van der Waals surface area (Å²) in [5, 5.41) is 9.10. The Hall–Kier alpha value is -1.89. The topological polar surface area (TPSA) is 91.8 Å². The molecule has 0 bridgehead atoms. The molecule has 1 aromatic rings. The molecule has 1 N–H and O–H groups in total. The van der Waals surface area contributed by atoms with Crippen molar-refractivity contribution in [3.63, 3.8) is 0 Å². The van der Waals surface area contributed by atoms with Crippen LogP contribution in [0.5, 0.6) is 0 Å². The Morgan fingerprint density at radius 3 is 1.97 bits per heavy atom. The Kier molecular flexibility index (Phi) is 11.7. The third-order valence-corrected chi connectivity index (χ3v) is 7.06. The number of carbonyl (C=O) groups is 2. The molecule has 0 spiro atoms. The van der Waals surface area contributed by atoms with Crippen LogP contribution in [-0.2, 0) is 19.4 Å². The van der Waals surface area contributed by atoms with Gasteiger partial charge in [0.1, 0.15) is 0 Å². The van der Waals surface area contributed by atoms with Crippen molar-refractivity contribution in [3.05, 3.63) is 29.8 Å². The van der Waals surface area contributed by atoms with Crippen molar-refractivity contribution in [2.75, 3.05) is 18.8 Å². The SMILES string of the molecule is CCCCCN(CCCCC)C(=O)C(CCC(=O)O)CS(=O)(=O)c1ccc(C)cc1. The molecule has 1 amide bonds. The maximum atomic E-state index is 13.3. The standard InChI is InChI=1S/C23H37NO5S/c1-4-6-8-16-24(17-9-7-5-2)23(27)20(12-15-22(25)26)18-30(28,29)21-13-10-19(3)11-14-21/h10-11,13-14,20H,4-9,12,15-18H2,1-3H3,(H,25,26). The maximum absolute atomic E-state index is 13.3. The van der Waals surface area contributed by atoms with Gasteiger partial charge in [-0.15, -0.1) is 0 Å². The van der Waals surface area contributed by atoms with Crippen LogP contribution in [0.3, 0.4) is 0 Å². The summed E-state index contributed by atoms with van der Waals surface area (Å²) in [6.07, 6.45) is 5.59. The van der Waals surface area contributed by atoms with Crippen LogP contribution in [0.4, 0.5) is 0 Å². The average molecular weight is 440 g/mol. The molecule has 1 aromatic carbocycles. The van der Waals surface area contributed by atoms with Gasteiger partial charge in [-0.3, -0.25) is 9.59 Å². The molecule has 1 atom stereocenters. The number of carbonyl (C=O) groups excluding carboxylic acids is 1. The smallest absolute Gasteiger partial charge is 0.303 e. The summed E-state index contributed by atoms with van der Waals surface area (Å²) in [6, 6.07) is 6.54. The third-order valence-electron chi connectivity index (χ3n) is 5.23. The fourth-order valence-corrected chi connectivity index (χ4v) is 4.96. The van der Waals surface area contributed by atoms with Crippen LogP contribution in [-0.4, -0.2) is 49.1 Å². The fourth-order valence-electron chi connectivity index (χ4n) is 3.38. The van der Waals surface area contributed by atoms with E-state index in [1.807, 2.05) is 6.92 Å². The number of sulfone groups is 1. The quantitative estimate of drug-likeness (QED) is 0.407. The van der Waals surface area contributed by atoms with Crippen molar-refractivity contribution in [1.29, 1.82) is 0 Å². The predicted molar refractivity (Wildman–Crippen MR) is 119 cm³/mol. The van der Waals surface area contributed by atoms with E-state index in [2.05, 4.69) is 13.8 Å². The first-order valence-electron chi connectivity index (χ1n) is 11.0. The summed E-state index contributed by atoms with van der Waals surface area (Å²) >= 11 is 0. The van der Waals surface area contributed by atoms with Gasteiger partial charge < -0.3 is 10.0 Å². The number of hydrogen-bond donors (Lipinski definition) is 1. The van der Waals surface area contributed by atoms with E-state index in [4.69, 9.17) is 5.11 Å². The summed E-state index contributed by atoms with van der Waals surface area (Å²) in [5.74, 6) is -2.47. The summed E-state index contributed by atoms with van der Waals surface area (Å²) in [7, 11) is -3.69. The van der Waals surface area contributed by atoms with Gasteiger partial charge >= 0.3 is 5.97 Å². The average Bonchev–Trinajstić information content (AvgIpc) is 2.70. The second-order valence-corrected chi connectivity index (χ2v) is 10.00. The van der Waals surface area contributed by atoms with Crippen molar-refractivity contribution < 1.29 is 23.1 Å². The molecule has 0 saturated carbocycles. The van der Waals surface area contributed by atoms with Crippen molar-refractivity contribution in [3.8, 4) is 0 Å². The van der Waals surface area contributed by atoms with Gasteiger partial charge in [-0.25, -0.2) is 8.42 Å². The Labute approximate surface area is 181 Å². The number of aliphatic carboxylic acids is 1. The Bertz CT molecular complexity index is 748. The van der Waals surface area contributed by atoms with Crippen LogP contribution in [0.25, 0.3) is 0 Å². The van der Waals surface area contributed by atoms with E-state index in [0.717, 1.165) is 44.1 Å². The summed E-state index contributed by atoms with van der Waals surface area (Å²) in [6.45, 7) is 7.23. The van der Waals surface area contributed by atoms with Gasteiger partial charge in [0.2, 0.25) is 5.91 Å². The van der Waals surface area contributed by atoms with E-state index in [0.29, 0.717) is 13.1 Å². The van der Waals surface area contributed by atoms with E-state index in [-0.39, 0.29) is 29.4 Å². The van der Waals surface area contributed by atoms with E-state index in [1.54, 1.807) is 29.2 Å². The number of carboxylic acid groups (broad SMARTS) is 1. The number of amides is 1. The highest BCUT2D eigenvalue weighted by Gasteiger charge is 2.30. The number of aryl methyl sites for hydroxylation is 1. The first-order chi connectivity index (χ1) is 14.2. The first kappa shape index (κ1) is 26.1. The molecule has 0 saturated heterocycles. The lowest BCUT2D eigenvalue weighted by atomic mass is 10.0. The lowest BCUT2D eigenvalue weighted by Gasteiger charge is -2.27. The molecular formula is C23H37NO5S. The molecule has 170 valence electrons. The molecular weight excluding hydrogens is 402 g/mol. The van der Waals surface area contributed by atoms with Gasteiger partial charge in [-0.1, -0.05) is 57.2 Å². The third kappa shape index (κ3) is 9.28. The lowest BCUT2D eigenvalue weighted by Crippen LogP contribution is -2.40. The molecule has 0 aliphatic carbocycles. The molecule has 1 unspecified atom stereocenters. The monoisotopic (exact) mass is 439 g/mol. The highest BCUT2D eigenvalue weighted by atomic mass is 32.2. The van der Waals surface area contributed by atoms with E-state index < -0.39 is 21.7 Å². The first-order valence-corrected chi connectivity index (χ1v) is 12.7. The van der Waals surface area contributed by atoms with Gasteiger partial charge in [-0.05, 0) is 38.3 Å². The van der Waals surface area contributed by atoms with Crippen molar-refractivity contribution in [1.82, 2.24) is 4.90 Å². The molecule has 30 heavy (non-hydrogen) atoms. The van der Waals surface area contributed by atoms with Gasteiger partial charge in [0.05, 0.1) is 16.6 Å². The zero-order chi connectivity index (χ0) is 22.6. The Balaban J connectivity index is 3.04. The number of carboxylic acids is 1. The summed E-state index contributed by atoms with van der Waals surface area (Å²) in [5.41, 5.74) is 0.950.